The van der Waals surface area contributed by atoms with Gasteiger partial charge in [-0.2, -0.15) is 13.2 Å². The molecule has 0 radical (unpaired) electrons. The molecule has 0 aliphatic rings. The molecule has 1 atom stereocenters. The SMILES string of the molecule is C=CCOc1ccc(C(F)(F)F)cc1C(=O)NC(CCOC)C(=O)O. The van der Waals surface area contributed by atoms with Crippen LogP contribution in [0.4, 0.5) is 13.2 Å². The van der Waals surface area contributed by atoms with Gasteiger partial charge >= 0.3 is 12.1 Å². The van der Waals surface area contributed by atoms with Crippen LogP contribution in [0.25, 0.3) is 0 Å². The predicted molar refractivity (Wildman–Crippen MR) is 82.5 cm³/mol. The van der Waals surface area contributed by atoms with E-state index in [1.54, 1.807) is 0 Å². The maximum Gasteiger partial charge on any atom is 0.416 e. The highest BCUT2D eigenvalue weighted by Crippen LogP contribution is 2.32. The van der Waals surface area contributed by atoms with Crippen molar-refractivity contribution in [3.05, 3.63) is 42.0 Å². The van der Waals surface area contributed by atoms with E-state index in [9.17, 15) is 22.8 Å². The second kappa shape index (κ2) is 9.07. The van der Waals surface area contributed by atoms with E-state index in [0.717, 1.165) is 12.1 Å². The van der Waals surface area contributed by atoms with E-state index in [0.29, 0.717) is 6.07 Å². The minimum Gasteiger partial charge on any atom is -0.489 e. The molecule has 0 saturated carbocycles. The first-order chi connectivity index (χ1) is 11.7. The van der Waals surface area contributed by atoms with Crippen LogP contribution in [0.1, 0.15) is 22.3 Å². The van der Waals surface area contributed by atoms with E-state index in [-0.39, 0.29) is 25.4 Å². The summed E-state index contributed by atoms with van der Waals surface area (Å²) < 4.78 is 48.6. The van der Waals surface area contributed by atoms with E-state index in [4.69, 9.17) is 14.6 Å². The third kappa shape index (κ3) is 6.11. The number of hydrogen-bond donors (Lipinski definition) is 2. The zero-order valence-corrected chi connectivity index (χ0v) is 13.4. The van der Waals surface area contributed by atoms with Gasteiger partial charge in [-0.1, -0.05) is 12.7 Å². The molecule has 0 bridgehead atoms. The number of methoxy groups -OCH3 is 1. The van der Waals surface area contributed by atoms with Gasteiger partial charge in [0.05, 0.1) is 11.1 Å². The Kier molecular flexibility index (Phi) is 7.43. The van der Waals surface area contributed by atoms with Crippen molar-refractivity contribution >= 4 is 11.9 Å². The summed E-state index contributed by atoms with van der Waals surface area (Å²) in [6.45, 7) is 3.44. The molecular weight excluding hydrogens is 343 g/mol. The van der Waals surface area contributed by atoms with Gasteiger partial charge in [-0.15, -0.1) is 0 Å². The first-order valence-electron chi connectivity index (χ1n) is 7.18. The number of carbonyl (C=O) groups is 2. The fraction of sp³-hybridized carbons (Fsp3) is 0.375. The molecule has 25 heavy (non-hydrogen) atoms. The number of carbonyl (C=O) groups excluding carboxylic acids is 1. The lowest BCUT2D eigenvalue weighted by atomic mass is 10.1. The summed E-state index contributed by atoms with van der Waals surface area (Å²) >= 11 is 0. The zero-order chi connectivity index (χ0) is 19.0. The molecule has 2 N–H and O–H groups in total. The lowest BCUT2D eigenvalue weighted by Gasteiger charge is -2.17. The second-order valence-corrected chi connectivity index (χ2v) is 4.95. The molecule has 9 heteroatoms. The largest absolute Gasteiger partial charge is 0.489 e. The van der Waals surface area contributed by atoms with Crippen LogP contribution in [0.5, 0.6) is 5.75 Å². The number of ether oxygens (including phenoxy) is 2. The van der Waals surface area contributed by atoms with E-state index in [1.165, 1.54) is 13.2 Å². The molecule has 1 rings (SSSR count). The first kappa shape index (κ1) is 20.5. The number of carboxylic acids is 1. The van der Waals surface area contributed by atoms with E-state index in [2.05, 4.69) is 11.9 Å². The number of halogens is 3. The van der Waals surface area contributed by atoms with Gasteiger partial charge in [0.2, 0.25) is 0 Å². The first-order valence-corrected chi connectivity index (χ1v) is 7.18. The number of benzene rings is 1. The van der Waals surface area contributed by atoms with Crippen LogP contribution in [0.15, 0.2) is 30.9 Å². The van der Waals surface area contributed by atoms with Gasteiger partial charge in [-0.25, -0.2) is 4.79 Å². The van der Waals surface area contributed by atoms with Gasteiger partial charge < -0.3 is 19.9 Å². The Balaban J connectivity index is 3.14. The Morgan fingerprint density at radius 3 is 2.60 bits per heavy atom. The fourth-order valence-electron chi connectivity index (χ4n) is 1.89. The number of amides is 1. The zero-order valence-electron chi connectivity index (χ0n) is 13.4. The third-order valence-corrected chi connectivity index (χ3v) is 3.12. The molecule has 1 amide bonds. The number of hydrogen-bond acceptors (Lipinski definition) is 4. The van der Waals surface area contributed by atoms with Crippen molar-refractivity contribution in [2.24, 2.45) is 0 Å². The second-order valence-electron chi connectivity index (χ2n) is 4.95. The maximum atomic E-state index is 12.9. The van der Waals surface area contributed by atoms with Crippen molar-refractivity contribution in [3.63, 3.8) is 0 Å². The van der Waals surface area contributed by atoms with Gasteiger partial charge in [-0.05, 0) is 18.2 Å². The number of aliphatic carboxylic acids is 1. The van der Waals surface area contributed by atoms with Gasteiger partial charge in [0.25, 0.3) is 5.91 Å². The van der Waals surface area contributed by atoms with Crippen molar-refractivity contribution in [3.8, 4) is 5.75 Å². The Morgan fingerprint density at radius 2 is 2.08 bits per heavy atom. The van der Waals surface area contributed by atoms with Crippen LogP contribution < -0.4 is 10.1 Å². The predicted octanol–water partition coefficient (Wildman–Crippen LogP) is 2.49. The highest BCUT2D eigenvalue weighted by molar-refractivity contribution is 5.99. The number of carboxylic acid groups (broad SMARTS) is 1. The molecule has 0 fully saturated rings. The van der Waals surface area contributed by atoms with Crippen LogP contribution in [-0.2, 0) is 15.7 Å². The standard InChI is InChI=1S/C16H18F3NO5/c1-3-7-25-13-5-4-10(16(17,18)19)9-11(13)14(21)20-12(15(22)23)6-8-24-2/h3-5,9,12H,1,6-8H2,2H3,(H,20,21)(H,22,23). The smallest absolute Gasteiger partial charge is 0.416 e. The van der Waals surface area contributed by atoms with Crippen LogP contribution in [0, 0.1) is 0 Å². The van der Waals surface area contributed by atoms with Gasteiger partial charge in [0.15, 0.2) is 0 Å². The number of nitrogens with one attached hydrogen (secondary N) is 1. The molecule has 6 nitrogen and oxygen atoms in total. The maximum absolute atomic E-state index is 12.9. The van der Waals surface area contributed by atoms with Gasteiger partial charge in [0, 0.05) is 20.1 Å². The molecule has 1 unspecified atom stereocenters. The van der Waals surface area contributed by atoms with Gasteiger partial charge in [-0.3, -0.25) is 4.79 Å². The highest BCUT2D eigenvalue weighted by Gasteiger charge is 2.32. The fourth-order valence-corrected chi connectivity index (χ4v) is 1.89. The monoisotopic (exact) mass is 361 g/mol. The summed E-state index contributed by atoms with van der Waals surface area (Å²) in [5.41, 5.74) is -1.47. The third-order valence-electron chi connectivity index (χ3n) is 3.12. The molecule has 0 spiro atoms. The number of rotatable bonds is 9. The van der Waals surface area contributed by atoms with Crippen molar-refractivity contribution in [1.82, 2.24) is 5.32 Å². The van der Waals surface area contributed by atoms with Crippen molar-refractivity contribution in [2.75, 3.05) is 20.3 Å². The average Bonchev–Trinajstić information content (AvgIpc) is 2.55. The normalized spacial score (nSPS) is 12.3. The average molecular weight is 361 g/mol. The summed E-state index contributed by atoms with van der Waals surface area (Å²) in [6.07, 6.45) is -3.34. The molecule has 0 heterocycles. The molecule has 1 aromatic rings. The van der Waals surface area contributed by atoms with Crippen molar-refractivity contribution < 1.29 is 37.3 Å². The van der Waals surface area contributed by atoms with Crippen molar-refractivity contribution in [2.45, 2.75) is 18.6 Å². The Morgan fingerprint density at radius 1 is 1.40 bits per heavy atom. The summed E-state index contributed by atoms with van der Waals surface area (Å²) in [7, 11) is 1.36. The topological polar surface area (TPSA) is 84.9 Å². The van der Waals surface area contributed by atoms with Crippen LogP contribution in [0.2, 0.25) is 0 Å². The van der Waals surface area contributed by atoms with Crippen LogP contribution in [-0.4, -0.2) is 43.3 Å². The summed E-state index contributed by atoms with van der Waals surface area (Å²) in [5.74, 6) is -2.43. The molecule has 0 aliphatic heterocycles. The summed E-state index contributed by atoms with van der Waals surface area (Å²) in [6, 6.07) is 1.08. The lowest BCUT2D eigenvalue weighted by molar-refractivity contribution is -0.140. The van der Waals surface area contributed by atoms with Crippen LogP contribution >= 0.6 is 0 Å². The molecule has 0 aliphatic carbocycles. The Bertz CT molecular complexity index is 631. The quantitative estimate of drug-likeness (QED) is 0.660. The number of alkyl halides is 3. The molecule has 0 aromatic heterocycles. The van der Waals surface area contributed by atoms with Crippen LogP contribution in [0.3, 0.4) is 0 Å². The minimum absolute atomic E-state index is 0.0301. The lowest BCUT2D eigenvalue weighted by Crippen LogP contribution is -2.41. The Labute approximate surface area is 142 Å². The Hall–Kier alpha value is -2.55. The molecular formula is C16H18F3NO5. The van der Waals surface area contributed by atoms with Gasteiger partial charge in [0.1, 0.15) is 18.4 Å². The van der Waals surface area contributed by atoms with E-state index in [1.807, 2.05) is 0 Å². The van der Waals surface area contributed by atoms with E-state index >= 15 is 0 Å². The molecule has 0 saturated heterocycles. The highest BCUT2D eigenvalue weighted by atomic mass is 19.4. The molecule has 1 aromatic carbocycles. The molecule has 138 valence electrons. The minimum atomic E-state index is -4.66. The summed E-state index contributed by atoms with van der Waals surface area (Å²) in [4.78, 5) is 23.5. The summed E-state index contributed by atoms with van der Waals surface area (Å²) in [5, 5.41) is 11.3. The van der Waals surface area contributed by atoms with E-state index < -0.39 is 35.2 Å². The van der Waals surface area contributed by atoms with Crippen molar-refractivity contribution in [1.29, 1.82) is 0 Å².